The van der Waals surface area contributed by atoms with E-state index in [1.54, 1.807) is 0 Å². The first-order valence-corrected chi connectivity index (χ1v) is 6.57. The number of likely N-dealkylation sites (N-methyl/N-ethyl adjacent to an activating group) is 1. The van der Waals surface area contributed by atoms with Crippen molar-refractivity contribution in [3.8, 4) is 0 Å². The summed E-state index contributed by atoms with van der Waals surface area (Å²) in [5.41, 5.74) is 1.85. The summed E-state index contributed by atoms with van der Waals surface area (Å²) in [7, 11) is 1.97. The highest BCUT2D eigenvalue weighted by molar-refractivity contribution is 5.76. The highest BCUT2D eigenvalue weighted by atomic mass is 16.5. The van der Waals surface area contributed by atoms with Crippen LogP contribution in [0.5, 0.6) is 0 Å². The van der Waals surface area contributed by atoms with Crippen LogP contribution in [0.2, 0.25) is 0 Å². The van der Waals surface area contributed by atoms with Crippen LogP contribution in [0.4, 0.5) is 0 Å². The lowest BCUT2D eigenvalue weighted by Crippen LogP contribution is -2.55. The zero-order valence-electron chi connectivity index (χ0n) is 11.6. The molecule has 1 saturated heterocycles. The first kappa shape index (κ1) is 14.0. The molecular formula is C15H21NO3. The van der Waals surface area contributed by atoms with Gasteiger partial charge in [-0.15, -0.1) is 0 Å². The van der Waals surface area contributed by atoms with E-state index in [-0.39, 0.29) is 0 Å². The molecule has 104 valence electrons. The lowest BCUT2D eigenvalue weighted by Gasteiger charge is -2.40. The lowest BCUT2D eigenvalue weighted by molar-refractivity contribution is -0.182. The number of carboxylic acids is 1. The lowest BCUT2D eigenvalue weighted by atomic mass is 9.85. The van der Waals surface area contributed by atoms with Crippen LogP contribution >= 0.6 is 0 Å². The normalized spacial score (nSPS) is 17.2. The quantitative estimate of drug-likeness (QED) is 0.846. The standard InChI is InChI=1S/C15H21NO3/c1-12-3-5-13(6-4-12)7-8-16(2)9-15(14(17)18)10-19-11-15/h3-6H,7-11H2,1-2H3,(H,17,18). The summed E-state index contributed by atoms with van der Waals surface area (Å²) in [6.45, 7) is 4.14. The topological polar surface area (TPSA) is 49.8 Å². The fraction of sp³-hybridized carbons (Fsp3) is 0.533. The monoisotopic (exact) mass is 263 g/mol. The number of nitrogens with zero attached hydrogens (tertiary/aromatic N) is 1. The van der Waals surface area contributed by atoms with Crippen LogP contribution in [0.1, 0.15) is 11.1 Å². The van der Waals surface area contributed by atoms with Crippen molar-refractivity contribution < 1.29 is 14.6 Å². The molecule has 1 aliphatic rings. The molecule has 0 aromatic heterocycles. The summed E-state index contributed by atoms with van der Waals surface area (Å²) < 4.78 is 5.07. The second-order valence-corrected chi connectivity index (χ2v) is 5.55. The van der Waals surface area contributed by atoms with Gasteiger partial charge in [-0.3, -0.25) is 4.79 Å². The van der Waals surface area contributed by atoms with E-state index in [9.17, 15) is 9.90 Å². The summed E-state index contributed by atoms with van der Waals surface area (Å²) in [5.74, 6) is -0.749. The molecule has 0 unspecified atom stereocenters. The Hall–Kier alpha value is -1.39. The van der Waals surface area contributed by atoms with Gasteiger partial charge in [-0.2, -0.15) is 0 Å². The van der Waals surface area contributed by atoms with Crippen molar-refractivity contribution in [2.45, 2.75) is 13.3 Å². The zero-order chi connectivity index (χ0) is 13.9. The number of aliphatic carboxylic acids is 1. The average Bonchev–Trinajstić information content (AvgIpc) is 2.32. The summed E-state index contributed by atoms with van der Waals surface area (Å²) in [6.07, 6.45) is 0.938. The fourth-order valence-corrected chi connectivity index (χ4v) is 2.30. The molecule has 1 aromatic rings. The van der Waals surface area contributed by atoms with E-state index in [0.717, 1.165) is 13.0 Å². The molecule has 4 heteroatoms. The van der Waals surface area contributed by atoms with Crippen LogP contribution in [0.3, 0.4) is 0 Å². The Bertz CT molecular complexity index is 437. The molecule has 4 nitrogen and oxygen atoms in total. The van der Waals surface area contributed by atoms with Crippen LogP contribution in [0.15, 0.2) is 24.3 Å². The number of benzene rings is 1. The molecule has 19 heavy (non-hydrogen) atoms. The van der Waals surface area contributed by atoms with Gasteiger partial charge in [-0.1, -0.05) is 29.8 Å². The zero-order valence-corrected chi connectivity index (χ0v) is 11.6. The van der Waals surface area contributed by atoms with Crippen LogP contribution in [0.25, 0.3) is 0 Å². The Labute approximate surface area is 114 Å². The third-order valence-corrected chi connectivity index (χ3v) is 3.69. The van der Waals surface area contributed by atoms with Gasteiger partial charge in [-0.05, 0) is 26.0 Å². The number of ether oxygens (including phenoxy) is 1. The highest BCUT2D eigenvalue weighted by Gasteiger charge is 2.46. The predicted octanol–water partition coefficient (Wildman–Crippen LogP) is 1.57. The molecule has 2 rings (SSSR count). The second kappa shape index (κ2) is 5.72. The maximum Gasteiger partial charge on any atom is 0.315 e. The van der Waals surface area contributed by atoms with Gasteiger partial charge in [0.1, 0.15) is 5.41 Å². The van der Waals surface area contributed by atoms with E-state index in [1.807, 2.05) is 7.05 Å². The van der Waals surface area contributed by atoms with Gasteiger partial charge in [-0.25, -0.2) is 0 Å². The van der Waals surface area contributed by atoms with Crippen molar-refractivity contribution in [2.75, 3.05) is 33.4 Å². The molecule has 1 fully saturated rings. The highest BCUT2D eigenvalue weighted by Crippen LogP contribution is 2.28. The summed E-state index contributed by atoms with van der Waals surface area (Å²) in [6, 6.07) is 8.47. The van der Waals surface area contributed by atoms with Gasteiger partial charge in [0.15, 0.2) is 0 Å². The summed E-state index contributed by atoms with van der Waals surface area (Å²) in [5, 5.41) is 9.24. The molecule has 1 aromatic carbocycles. The Morgan fingerprint density at radius 3 is 2.47 bits per heavy atom. The third-order valence-electron chi connectivity index (χ3n) is 3.69. The Kier molecular flexibility index (Phi) is 4.22. The van der Waals surface area contributed by atoms with Crippen molar-refractivity contribution in [3.63, 3.8) is 0 Å². The van der Waals surface area contributed by atoms with Crippen molar-refractivity contribution in [1.29, 1.82) is 0 Å². The van der Waals surface area contributed by atoms with Crippen LogP contribution in [-0.4, -0.2) is 49.3 Å². The van der Waals surface area contributed by atoms with Gasteiger partial charge >= 0.3 is 5.97 Å². The van der Waals surface area contributed by atoms with Gasteiger partial charge < -0.3 is 14.7 Å². The molecule has 1 heterocycles. The molecule has 1 aliphatic heterocycles. The van der Waals surface area contributed by atoms with Crippen molar-refractivity contribution in [2.24, 2.45) is 5.41 Å². The SMILES string of the molecule is Cc1ccc(CCN(C)CC2(C(=O)O)COC2)cc1. The average molecular weight is 263 g/mol. The largest absolute Gasteiger partial charge is 0.481 e. The molecular weight excluding hydrogens is 242 g/mol. The molecule has 0 saturated carbocycles. The first-order chi connectivity index (χ1) is 9.02. The molecule has 0 radical (unpaired) electrons. The number of hydrogen-bond donors (Lipinski definition) is 1. The van der Waals surface area contributed by atoms with Gasteiger partial charge in [0, 0.05) is 13.1 Å². The number of aryl methyl sites for hydroxylation is 1. The maximum atomic E-state index is 11.2. The van der Waals surface area contributed by atoms with E-state index >= 15 is 0 Å². The number of carboxylic acid groups (broad SMARTS) is 1. The third kappa shape index (κ3) is 3.33. The van der Waals surface area contributed by atoms with Crippen molar-refractivity contribution >= 4 is 5.97 Å². The second-order valence-electron chi connectivity index (χ2n) is 5.55. The van der Waals surface area contributed by atoms with Gasteiger partial charge in [0.05, 0.1) is 13.2 Å². The molecule has 0 spiro atoms. The number of rotatable bonds is 6. The van der Waals surface area contributed by atoms with Crippen molar-refractivity contribution in [3.05, 3.63) is 35.4 Å². The maximum absolute atomic E-state index is 11.2. The summed E-state index contributed by atoms with van der Waals surface area (Å²) >= 11 is 0. The minimum Gasteiger partial charge on any atom is -0.481 e. The fourth-order valence-electron chi connectivity index (χ4n) is 2.30. The van der Waals surface area contributed by atoms with Gasteiger partial charge in [0.25, 0.3) is 0 Å². The van der Waals surface area contributed by atoms with E-state index < -0.39 is 11.4 Å². The van der Waals surface area contributed by atoms with Crippen LogP contribution < -0.4 is 0 Å². The minimum absolute atomic E-state index is 0.331. The Morgan fingerprint density at radius 1 is 1.37 bits per heavy atom. The van der Waals surface area contributed by atoms with Gasteiger partial charge in [0.2, 0.25) is 0 Å². The smallest absolute Gasteiger partial charge is 0.315 e. The predicted molar refractivity (Wildman–Crippen MR) is 73.3 cm³/mol. The molecule has 0 amide bonds. The van der Waals surface area contributed by atoms with E-state index in [1.165, 1.54) is 11.1 Å². The minimum atomic E-state index is -0.749. The van der Waals surface area contributed by atoms with E-state index in [0.29, 0.717) is 19.8 Å². The number of carbonyl (C=O) groups is 1. The molecule has 1 N–H and O–H groups in total. The molecule has 0 bridgehead atoms. The van der Waals surface area contributed by atoms with Crippen LogP contribution in [-0.2, 0) is 16.0 Å². The van der Waals surface area contributed by atoms with Crippen LogP contribution in [0, 0.1) is 12.3 Å². The van der Waals surface area contributed by atoms with E-state index in [4.69, 9.17) is 4.74 Å². The molecule has 0 aliphatic carbocycles. The number of hydrogen-bond acceptors (Lipinski definition) is 3. The van der Waals surface area contributed by atoms with Crippen molar-refractivity contribution in [1.82, 2.24) is 4.90 Å². The Morgan fingerprint density at radius 2 is 2.00 bits per heavy atom. The Balaban J connectivity index is 1.83. The molecule has 0 atom stereocenters. The first-order valence-electron chi connectivity index (χ1n) is 6.57. The van der Waals surface area contributed by atoms with E-state index in [2.05, 4.69) is 36.1 Å². The summed E-state index contributed by atoms with van der Waals surface area (Å²) in [4.78, 5) is 13.3.